The van der Waals surface area contributed by atoms with E-state index in [1.165, 1.54) is 135 Å². The van der Waals surface area contributed by atoms with Crippen molar-refractivity contribution in [1.82, 2.24) is 0 Å². The minimum Gasteiger partial charge on any atom is -0.481 e. The summed E-state index contributed by atoms with van der Waals surface area (Å²) in [6.45, 7) is 12.7. The maximum absolute atomic E-state index is 10.3. The third-order valence-corrected chi connectivity index (χ3v) is 9.27. The standard InChI is InChI=1S/C16H32O2.C14H28O2.C8H8O2.C5H10O2.C4H6O2.C2H2O4/c1-2-3-4-5-6-7-8-9-10-11-12-13-14-15-16(17)18;1-2-3-4-5-6-7-8-9-10-11-12-13-14(15)16;9-8(10)6-7-4-2-1-3-5-7;1-3-4(2)5(6)7;1-3(2)4(5)6;3-1(4)2(5)6/h2-15H2,1H3,(H,17,18);2-13H2,1H3,(H,15,16);1-5H,6H2,(H,9,10);4H,3H2,1-2H3,(H,6,7);1H2,2H3,(H,5,6);(H,3,4)(H,5,6). The van der Waals surface area contributed by atoms with E-state index in [1.807, 2.05) is 25.1 Å². The molecule has 1 unspecified atom stereocenters. The van der Waals surface area contributed by atoms with Crippen molar-refractivity contribution < 1.29 is 69.3 Å². The summed E-state index contributed by atoms with van der Waals surface area (Å²) < 4.78 is 0. The third kappa shape index (κ3) is 72.0. The molecule has 0 saturated carbocycles. The fraction of sp³-hybridized carbons (Fsp3) is 0.694. The molecule has 7 N–H and O–H groups in total. The number of unbranched alkanes of at least 4 members (excludes halogenated alkanes) is 22. The molecule has 1 aromatic carbocycles. The second-order valence-electron chi connectivity index (χ2n) is 15.5. The van der Waals surface area contributed by atoms with E-state index in [-0.39, 0.29) is 17.9 Å². The van der Waals surface area contributed by atoms with E-state index in [0.717, 1.165) is 37.7 Å². The lowest BCUT2D eigenvalue weighted by Crippen LogP contribution is -2.09. The summed E-state index contributed by atoms with van der Waals surface area (Å²) in [5, 5.41) is 56.2. The van der Waals surface area contributed by atoms with Crippen LogP contribution >= 0.6 is 0 Å². The number of hydrogen-bond donors (Lipinski definition) is 7. The Morgan fingerprint density at radius 2 is 0.714 bits per heavy atom. The predicted molar refractivity (Wildman–Crippen MR) is 249 cm³/mol. The molecule has 0 amide bonds. The van der Waals surface area contributed by atoms with Crippen LogP contribution in [0, 0.1) is 5.92 Å². The maximum atomic E-state index is 10.3. The molecule has 14 heteroatoms. The number of hydrogen-bond acceptors (Lipinski definition) is 7. The average Bonchev–Trinajstić information content (AvgIpc) is 3.22. The van der Waals surface area contributed by atoms with Crippen LogP contribution in [-0.4, -0.2) is 77.5 Å². The summed E-state index contributed by atoms with van der Waals surface area (Å²) in [5.74, 6) is -7.57. The van der Waals surface area contributed by atoms with Crippen LogP contribution in [0.3, 0.4) is 0 Å². The highest BCUT2D eigenvalue weighted by molar-refractivity contribution is 6.27. The van der Waals surface area contributed by atoms with Crippen LogP contribution < -0.4 is 0 Å². The predicted octanol–water partition coefficient (Wildman–Crippen LogP) is 12.6. The van der Waals surface area contributed by atoms with Gasteiger partial charge in [0.15, 0.2) is 0 Å². The van der Waals surface area contributed by atoms with Crippen LogP contribution in [0.2, 0.25) is 0 Å². The van der Waals surface area contributed by atoms with Gasteiger partial charge in [0.1, 0.15) is 0 Å². The molecule has 0 fully saturated rings. The Balaban J connectivity index is -0.000000226. The van der Waals surface area contributed by atoms with Crippen molar-refractivity contribution in [3.63, 3.8) is 0 Å². The van der Waals surface area contributed by atoms with E-state index in [1.54, 1.807) is 19.1 Å². The summed E-state index contributed by atoms with van der Waals surface area (Å²) in [4.78, 5) is 68.5. The molecule has 1 rings (SSSR count). The van der Waals surface area contributed by atoms with Gasteiger partial charge >= 0.3 is 41.8 Å². The average molecular weight is 899 g/mol. The molecular weight excluding hydrogens is 813 g/mol. The van der Waals surface area contributed by atoms with Crippen molar-refractivity contribution in [3.05, 3.63) is 48.0 Å². The zero-order valence-electron chi connectivity index (χ0n) is 39.5. The first kappa shape index (κ1) is 67.3. The van der Waals surface area contributed by atoms with Gasteiger partial charge in [0, 0.05) is 18.4 Å². The first-order valence-electron chi connectivity index (χ1n) is 23.1. The van der Waals surface area contributed by atoms with Gasteiger partial charge < -0.3 is 35.7 Å². The quantitative estimate of drug-likeness (QED) is 0.0208. The summed E-state index contributed by atoms with van der Waals surface area (Å²) >= 11 is 0. The van der Waals surface area contributed by atoms with E-state index in [2.05, 4.69) is 20.4 Å². The largest absolute Gasteiger partial charge is 0.481 e. The molecule has 63 heavy (non-hydrogen) atoms. The van der Waals surface area contributed by atoms with E-state index >= 15 is 0 Å². The highest BCUT2D eigenvalue weighted by Gasteiger charge is 2.05. The Labute approximate surface area is 378 Å². The number of aliphatic carboxylic acids is 7. The minimum absolute atomic E-state index is 0.112. The molecule has 0 aliphatic heterocycles. The van der Waals surface area contributed by atoms with Gasteiger partial charge in [0.25, 0.3) is 0 Å². The number of carbonyl (C=O) groups is 7. The number of carboxylic acid groups (broad SMARTS) is 7. The lowest BCUT2D eigenvalue weighted by Gasteiger charge is -2.02. The van der Waals surface area contributed by atoms with Crippen LogP contribution in [0.5, 0.6) is 0 Å². The molecule has 0 aliphatic rings. The van der Waals surface area contributed by atoms with E-state index in [0.29, 0.717) is 12.8 Å². The lowest BCUT2D eigenvalue weighted by atomic mass is 10.0. The van der Waals surface area contributed by atoms with Gasteiger partial charge in [-0.15, -0.1) is 0 Å². The summed E-state index contributed by atoms with van der Waals surface area (Å²) in [6, 6.07) is 9.13. The van der Waals surface area contributed by atoms with E-state index in [4.69, 9.17) is 45.3 Å². The first-order valence-corrected chi connectivity index (χ1v) is 23.1. The van der Waals surface area contributed by atoms with Gasteiger partial charge in [-0.25, -0.2) is 14.4 Å². The summed E-state index contributed by atoms with van der Waals surface area (Å²) in [7, 11) is 0. The number of benzene rings is 1. The Bertz CT molecular complexity index is 1230. The highest BCUT2D eigenvalue weighted by atomic mass is 16.4. The van der Waals surface area contributed by atoms with Gasteiger partial charge in [-0.1, -0.05) is 206 Å². The molecule has 0 radical (unpaired) electrons. The zero-order chi connectivity index (χ0) is 49.1. The molecule has 0 spiro atoms. The van der Waals surface area contributed by atoms with Gasteiger partial charge in [-0.05, 0) is 31.7 Å². The van der Waals surface area contributed by atoms with Crippen molar-refractivity contribution in [2.24, 2.45) is 5.92 Å². The molecule has 1 aromatic rings. The normalized spacial score (nSPS) is 10.1. The molecule has 14 nitrogen and oxygen atoms in total. The van der Waals surface area contributed by atoms with Crippen molar-refractivity contribution in [2.45, 2.75) is 214 Å². The highest BCUT2D eigenvalue weighted by Crippen LogP contribution is 2.14. The van der Waals surface area contributed by atoms with Crippen LogP contribution in [0.1, 0.15) is 214 Å². The second-order valence-corrected chi connectivity index (χ2v) is 15.5. The topological polar surface area (TPSA) is 261 Å². The Morgan fingerprint density at radius 3 is 0.889 bits per heavy atom. The molecule has 366 valence electrons. The Hall–Kier alpha value is -4.75. The smallest absolute Gasteiger partial charge is 0.414 e. The van der Waals surface area contributed by atoms with Gasteiger partial charge in [-0.2, -0.15) is 0 Å². The number of carboxylic acids is 7. The first-order chi connectivity index (χ1) is 29.8. The molecule has 1 atom stereocenters. The van der Waals surface area contributed by atoms with Crippen molar-refractivity contribution in [1.29, 1.82) is 0 Å². The lowest BCUT2D eigenvalue weighted by molar-refractivity contribution is -0.159. The number of rotatable bonds is 31. The molecule has 0 aromatic heterocycles. The second kappa shape index (κ2) is 53.4. The fourth-order valence-corrected chi connectivity index (χ4v) is 5.18. The van der Waals surface area contributed by atoms with Crippen LogP contribution in [0.25, 0.3) is 0 Å². The molecule has 0 heterocycles. The van der Waals surface area contributed by atoms with Gasteiger partial charge in [0.2, 0.25) is 0 Å². The summed E-state index contributed by atoms with van der Waals surface area (Å²) in [6.07, 6.45) is 32.5. The third-order valence-electron chi connectivity index (χ3n) is 9.27. The van der Waals surface area contributed by atoms with Gasteiger partial charge in [0.05, 0.1) is 12.3 Å². The Morgan fingerprint density at radius 1 is 0.444 bits per heavy atom. The van der Waals surface area contributed by atoms with Crippen molar-refractivity contribution >= 4 is 41.8 Å². The SMILES string of the molecule is C=C(C)C(=O)O.CCC(C)C(=O)O.CCCCCCCCCCCCCC(=O)O.CCCCCCCCCCCCCCCC(=O)O.O=C(O)C(=O)O.O=C(O)Cc1ccccc1. The molecule has 0 saturated heterocycles. The van der Waals surface area contributed by atoms with E-state index in [9.17, 15) is 24.0 Å². The molecule has 0 bridgehead atoms. The van der Waals surface area contributed by atoms with Crippen molar-refractivity contribution in [2.75, 3.05) is 0 Å². The fourth-order valence-electron chi connectivity index (χ4n) is 5.18. The maximum Gasteiger partial charge on any atom is 0.414 e. The zero-order valence-corrected chi connectivity index (χ0v) is 39.5. The minimum atomic E-state index is -1.82. The Kier molecular flexibility index (Phi) is 57.1. The monoisotopic (exact) mass is 899 g/mol. The van der Waals surface area contributed by atoms with Gasteiger partial charge in [-0.3, -0.25) is 19.2 Å². The van der Waals surface area contributed by atoms with Crippen molar-refractivity contribution in [3.8, 4) is 0 Å². The van der Waals surface area contributed by atoms with E-state index < -0.39 is 41.8 Å². The van der Waals surface area contributed by atoms with Crippen LogP contribution in [0.4, 0.5) is 0 Å². The van der Waals surface area contributed by atoms with Crippen LogP contribution in [-0.2, 0) is 40.0 Å². The molecule has 0 aliphatic carbocycles. The molecular formula is C49H86O14. The summed E-state index contributed by atoms with van der Waals surface area (Å²) in [5.41, 5.74) is 1.02. The van der Waals surface area contributed by atoms with Crippen LogP contribution in [0.15, 0.2) is 42.5 Å².